The average molecular weight is 598 g/mol. The van der Waals surface area contributed by atoms with Crippen molar-refractivity contribution in [3.05, 3.63) is 118 Å². The van der Waals surface area contributed by atoms with Gasteiger partial charge >= 0.3 is 16.0 Å². The van der Waals surface area contributed by atoms with Gasteiger partial charge < -0.3 is 18.6 Å². The van der Waals surface area contributed by atoms with Gasteiger partial charge in [-0.15, -0.1) is 0 Å². The minimum atomic E-state index is -4.55. The van der Waals surface area contributed by atoms with Crippen LogP contribution >= 0.6 is 7.14 Å². The standard InChI is InChI=1S/C28H28N3O8PS/c1-19-17-31(28(34)29-27(19)33)26-16-22(24(18-32)38-26)30-41(36,37)39-23-14-8-9-15-25(23)40(35,20-10-4-2-5-11-20)21-12-6-3-7-13-21/h2-15,17,22,24,26,30,32H,16,18H2,1H3,(H,29,33,34)/t22-,24+,26+/m0/s1. The molecule has 1 saturated heterocycles. The van der Waals surface area contributed by atoms with Crippen molar-refractivity contribution in [2.45, 2.75) is 31.7 Å². The highest BCUT2D eigenvalue weighted by Crippen LogP contribution is 2.45. The van der Waals surface area contributed by atoms with E-state index in [0.29, 0.717) is 10.6 Å². The van der Waals surface area contributed by atoms with Crippen molar-refractivity contribution in [3.63, 3.8) is 0 Å². The van der Waals surface area contributed by atoms with Crippen molar-refractivity contribution < 1.29 is 27.0 Å². The van der Waals surface area contributed by atoms with Gasteiger partial charge in [-0.25, -0.2) is 4.79 Å². The Morgan fingerprint density at radius 2 is 1.59 bits per heavy atom. The molecule has 1 aromatic heterocycles. The Morgan fingerprint density at radius 1 is 1.00 bits per heavy atom. The second-order valence-corrected chi connectivity index (χ2v) is 13.6. The van der Waals surface area contributed by atoms with Crippen LogP contribution in [0.15, 0.2) is 101 Å². The number of para-hydroxylation sites is 1. The fourth-order valence-corrected chi connectivity index (χ4v) is 8.69. The van der Waals surface area contributed by atoms with E-state index in [4.69, 9.17) is 8.92 Å². The third-order valence-electron chi connectivity index (χ3n) is 6.81. The molecule has 4 aromatic rings. The van der Waals surface area contributed by atoms with Crippen LogP contribution in [0, 0.1) is 6.92 Å². The molecule has 0 aliphatic carbocycles. The number of nitrogens with zero attached hydrogens (tertiary/aromatic N) is 1. The van der Waals surface area contributed by atoms with Crippen LogP contribution in [0.2, 0.25) is 0 Å². The molecule has 0 unspecified atom stereocenters. The topological polar surface area (TPSA) is 157 Å². The Balaban J connectivity index is 1.46. The second-order valence-electron chi connectivity index (χ2n) is 9.54. The molecule has 2 heterocycles. The van der Waals surface area contributed by atoms with Crippen LogP contribution in [0.3, 0.4) is 0 Å². The number of rotatable bonds is 9. The largest absolute Gasteiger partial charge is 0.394 e. The van der Waals surface area contributed by atoms with Crippen LogP contribution in [0.25, 0.3) is 0 Å². The molecule has 1 fully saturated rings. The number of aromatic amines is 1. The van der Waals surface area contributed by atoms with Crippen molar-refractivity contribution in [1.82, 2.24) is 14.3 Å². The number of nitrogens with one attached hydrogen (secondary N) is 2. The second kappa shape index (κ2) is 11.6. The molecule has 0 radical (unpaired) electrons. The molecule has 3 aromatic carbocycles. The number of hydrogen-bond acceptors (Lipinski definition) is 8. The van der Waals surface area contributed by atoms with Gasteiger partial charge in [0.1, 0.15) is 6.23 Å². The van der Waals surface area contributed by atoms with Crippen molar-refractivity contribution in [1.29, 1.82) is 0 Å². The summed E-state index contributed by atoms with van der Waals surface area (Å²) in [5, 5.41) is 11.1. The molecule has 3 atom stereocenters. The van der Waals surface area contributed by atoms with Gasteiger partial charge in [0.25, 0.3) is 5.56 Å². The van der Waals surface area contributed by atoms with Crippen LogP contribution in [0.4, 0.5) is 0 Å². The monoisotopic (exact) mass is 597 g/mol. The van der Waals surface area contributed by atoms with Gasteiger partial charge in [-0.05, 0) is 19.1 Å². The van der Waals surface area contributed by atoms with Crippen molar-refractivity contribution >= 4 is 33.4 Å². The Kier molecular flexibility index (Phi) is 8.12. The fraction of sp³-hybridized carbons (Fsp3) is 0.214. The predicted octanol–water partition coefficient (Wildman–Crippen LogP) is 1.05. The number of ether oxygens (including phenoxy) is 1. The lowest BCUT2D eigenvalue weighted by atomic mass is 10.1. The van der Waals surface area contributed by atoms with Crippen LogP contribution in [-0.4, -0.2) is 41.8 Å². The summed E-state index contributed by atoms with van der Waals surface area (Å²) >= 11 is 0. The van der Waals surface area contributed by atoms with E-state index in [0.717, 1.165) is 4.57 Å². The molecular weight excluding hydrogens is 569 g/mol. The lowest BCUT2D eigenvalue weighted by Crippen LogP contribution is -2.44. The zero-order chi connectivity index (χ0) is 29.2. The first-order chi connectivity index (χ1) is 19.6. The van der Waals surface area contributed by atoms with Crippen LogP contribution < -0.4 is 36.1 Å². The first-order valence-corrected chi connectivity index (χ1v) is 15.8. The molecule has 0 spiro atoms. The maximum Gasteiger partial charge on any atom is 0.382 e. The highest BCUT2D eigenvalue weighted by atomic mass is 32.2. The number of aryl methyl sites for hydroxylation is 1. The summed E-state index contributed by atoms with van der Waals surface area (Å²) in [6.45, 7) is 0.969. The molecule has 0 bridgehead atoms. The number of hydrogen-bond donors (Lipinski definition) is 3. The number of benzene rings is 3. The molecule has 1 aliphatic rings. The minimum Gasteiger partial charge on any atom is -0.394 e. The zero-order valence-corrected chi connectivity index (χ0v) is 23.6. The van der Waals surface area contributed by atoms with Crippen LogP contribution in [-0.2, 0) is 19.6 Å². The molecule has 11 nitrogen and oxygen atoms in total. The van der Waals surface area contributed by atoms with Gasteiger partial charge in [0, 0.05) is 28.8 Å². The summed E-state index contributed by atoms with van der Waals surface area (Å²) in [6.07, 6.45) is -0.679. The summed E-state index contributed by atoms with van der Waals surface area (Å²) in [7, 11) is -8.11. The quantitative estimate of drug-likeness (QED) is 0.242. The highest BCUT2D eigenvalue weighted by Gasteiger charge is 2.40. The lowest BCUT2D eigenvalue weighted by molar-refractivity contribution is -0.0280. The van der Waals surface area contributed by atoms with E-state index in [2.05, 4.69) is 9.71 Å². The van der Waals surface area contributed by atoms with E-state index in [1.807, 2.05) is 0 Å². The van der Waals surface area contributed by atoms with Gasteiger partial charge in [0.2, 0.25) is 0 Å². The van der Waals surface area contributed by atoms with Gasteiger partial charge in [0.15, 0.2) is 12.9 Å². The summed E-state index contributed by atoms with van der Waals surface area (Å²) in [6, 6.07) is 22.8. The Bertz CT molecular complexity index is 1770. The molecular formula is C28H28N3O8PS. The van der Waals surface area contributed by atoms with Crippen LogP contribution in [0.5, 0.6) is 5.75 Å². The van der Waals surface area contributed by atoms with E-state index in [1.54, 1.807) is 78.9 Å². The van der Waals surface area contributed by atoms with Gasteiger partial charge in [-0.1, -0.05) is 72.8 Å². The first kappa shape index (κ1) is 28.7. The summed E-state index contributed by atoms with van der Waals surface area (Å²) in [4.78, 5) is 26.3. The van der Waals surface area contributed by atoms with Crippen LogP contribution in [0.1, 0.15) is 18.2 Å². The van der Waals surface area contributed by atoms with Gasteiger partial charge in [-0.2, -0.15) is 13.1 Å². The molecule has 214 valence electrons. The summed E-state index contributed by atoms with van der Waals surface area (Å²) < 4.78 is 56.2. The maximum atomic E-state index is 14.8. The van der Waals surface area contributed by atoms with Gasteiger partial charge in [0.05, 0.1) is 24.1 Å². The van der Waals surface area contributed by atoms with Gasteiger partial charge in [-0.3, -0.25) is 14.3 Å². The van der Waals surface area contributed by atoms with Crippen molar-refractivity contribution in [2.75, 3.05) is 6.61 Å². The van der Waals surface area contributed by atoms with E-state index < -0.39 is 53.7 Å². The zero-order valence-electron chi connectivity index (χ0n) is 21.9. The van der Waals surface area contributed by atoms with Crippen molar-refractivity contribution in [3.8, 4) is 5.75 Å². The first-order valence-electron chi connectivity index (χ1n) is 12.7. The maximum absolute atomic E-state index is 14.8. The molecule has 0 amide bonds. The Morgan fingerprint density at radius 3 is 2.20 bits per heavy atom. The summed E-state index contributed by atoms with van der Waals surface area (Å²) in [5.74, 6) is -0.125. The minimum absolute atomic E-state index is 0.0343. The van der Waals surface area contributed by atoms with E-state index in [-0.39, 0.29) is 23.0 Å². The average Bonchev–Trinajstić information content (AvgIpc) is 3.37. The SMILES string of the molecule is Cc1cn([C@H]2C[C@H](NS(=O)(=O)Oc3ccccc3P(=O)(c3ccccc3)c3ccccc3)[C@@H](CO)O2)c(=O)[nH]c1=O. The Labute approximate surface area is 236 Å². The third kappa shape index (κ3) is 5.83. The number of H-pyrrole nitrogens is 1. The molecule has 13 heteroatoms. The lowest BCUT2D eigenvalue weighted by Gasteiger charge is -2.23. The molecule has 3 N–H and O–H groups in total. The van der Waals surface area contributed by atoms with E-state index >= 15 is 0 Å². The van der Waals surface area contributed by atoms with E-state index in [1.165, 1.54) is 19.2 Å². The smallest absolute Gasteiger partial charge is 0.382 e. The molecule has 0 saturated carbocycles. The van der Waals surface area contributed by atoms with E-state index in [9.17, 15) is 27.7 Å². The number of aromatic nitrogens is 2. The predicted molar refractivity (Wildman–Crippen MR) is 154 cm³/mol. The fourth-order valence-electron chi connectivity index (χ4n) is 4.81. The normalized spacial score (nSPS) is 19.2. The summed E-state index contributed by atoms with van der Waals surface area (Å²) in [5.41, 5.74) is -1.01. The molecule has 41 heavy (non-hydrogen) atoms. The number of aliphatic hydroxyl groups excluding tert-OH is 1. The number of aliphatic hydroxyl groups is 1. The molecule has 1 aliphatic heterocycles. The highest BCUT2D eigenvalue weighted by molar-refractivity contribution is 7.86. The third-order valence-corrected chi connectivity index (χ3v) is 10.9. The van der Waals surface area contributed by atoms with Crippen molar-refractivity contribution in [2.24, 2.45) is 0 Å². The Hall–Kier alpha value is -3.80. The molecule has 5 rings (SSSR count).